The van der Waals surface area contributed by atoms with E-state index in [-0.39, 0.29) is 30.1 Å². The number of amides is 2. The van der Waals surface area contributed by atoms with Gasteiger partial charge in [-0.15, -0.1) is 0 Å². The summed E-state index contributed by atoms with van der Waals surface area (Å²) in [5.74, 6) is -0.107. The third kappa shape index (κ3) is 5.60. The van der Waals surface area contributed by atoms with Crippen molar-refractivity contribution in [2.45, 2.75) is 32.7 Å². The number of aromatic nitrogens is 2. The molecule has 0 spiro atoms. The van der Waals surface area contributed by atoms with Gasteiger partial charge in [0.05, 0.1) is 18.3 Å². The third-order valence-corrected chi connectivity index (χ3v) is 3.42. The lowest BCUT2D eigenvalue weighted by Gasteiger charge is -2.19. The van der Waals surface area contributed by atoms with Crippen LogP contribution in [0.2, 0.25) is 0 Å². The van der Waals surface area contributed by atoms with Gasteiger partial charge in [-0.3, -0.25) is 9.59 Å². The van der Waals surface area contributed by atoms with Gasteiger partial charge in [0, 0.05) is 12.0 Å². The number of rotatable bonds is 6. The van der Waals surface area contributed by atoms with Gasteiger partial charge in [0.25, 0.3) is 5.91 Å². The summed E-state index contributed by atoms with van der Waals surface area (Å²) < 4.78 is 0. The number of carbonyl (C=O) groups is 3. The van der Waals surface area contributed by atoms with Crippen molar-refractivity contribution in [3.8, 4) is 0 Å². The quantitative estimate of drug-likeness (QED) is 0.227. The first-order valence-corrected chi connectivity index (χ1v) is 7.76. The summed E-state index contributed by atoms with van der Waals surface area (Å²) in [6, 6.07) is -0.342. The van der Waals surface area contributed by atoms with E-state index in [1.165, 1.54) is 13.4 Å². The Bertz CT molecular complexity index is 661. The van der Waals surface area contributed by atoms with Gasteiger partial charge < -0.3 is 26.6 Å². The molecule has 0 saturated carbocycles. The zero-order valence-electron chi connectivity index (χ0n) is 14.5. The average molecular weight is 349 g/mol. The van der Waals surface area contributed by atoms with E-state index in [4.69, 9.17) is 0 Å². The van der Waals surface area contributed by atoms with E-state index >= 15 is 0 Å². The average Bonchev–Trinajstić information content (AvgIpc) is 2.62. The normalized spacial score (nSPS) is 14.2. The second-order valence-electron chi connectivity index (χ2n) is 5.07. The van der Waals surface area contributed by atoms with Gasteiger partial charge in [-0.05, 0) is 27.3 Å². The number of hydrazone groups is 1. The van der Waals surface area contributed by atoms with Gasteiger partial charge in [0.2, 0.25) is 5.91 Å². The molecule has 25 heavy (non-hydrogen) atoms. The molecular formula is C15H23N7O3. The van der Waals surface area contributed by atoms with Crippen molar-refractivity contribution in [2.75, 3.05) is 18.9 Å². The van der Waals surface area contributed by atoms with Crippen molar-refractivity contribution in [1.29, 1.82) is 0 Å². The molecule has 0 radical (unpaired) electrons. The Labute approximate surface area is 145 Å². The van der Waals surface area contributed by atoms with Crippen LogP contribution in [0.4, 0.5) is 5.82 Å². The van der Waals surface area contributed by atoms with Crippen LogP contribution in [0.15, 0.2) is 11.4 Å². The molecule has 2 heterocycles. The van der Waals surface area contributed by atoms with E-state index in [0.717, 1.165) is 0 Å². The summed E-state index contributed by atoms with van der Waals surface area (Å²) in [6.07, 6.45) is 2.66. The van der Waals surface area contributed by atoms with Crippen LogP contribution in [0.1, 0.15) is 36.3 Å². The molecule has 0 aromatic carbocycles. The highest BCUT2D eigenvalue weighted by molar-refractivity contribution is 6.01. The highest BCUT2D eigenvalue weighted by atomic mass is 16.2. The van der Waals surface area contributed by atoms with E-state index < -0.39 is 0 Å². The first-order chi connectivity index (χ1) is 12.0. The second kappa shape index (κ2) is 10.1. The smallest absolute Gasteiger partial charge is 0.270 e. The lowest BCUT2D eigenvalue weighted by Crippen LogP contribution is -2.39. The molecule has 0 bridgehead atoms. The minimum Gasteiger partial charge on any atom is -0.343 e. The van der Waals surface area contributed by atoms with Crippen LogP contribution in [0.25, 0.3) is 0 Å². The van der Waals surface area contributed by atoms with Gasteiger partial charge in [0.15, 0.2) is 0 Å². The Kier molecular flexibility index (Phi) is 8.13. The Morgan fingerprint density at radius 2 is 2.16 bits per heavy atom. The van der Waals surface area contributed by atoms with Gasteiger partial charge in [-0.25, -0.2) is 9.97 Å². The molecule has 1 aromatic heterocycles. The number of nitrogens with zero attached hydrogens (tertiary/aromatic N) is 3. The summed E-state index contributed by atoms with van der Waals surface area (Å²) in [6.45, 7) is 3.62. The molecule has 1 atom stereocenters. The topological polar surface area (TPSA) is 151 Å². The van der Waals surface area contributed by atoms with Crippen molar-refractivity contribution in [2.24, 2.45) is 10.8 Å². The van der Waals surface area contributed by atoms with Crippen molar-refractivity contribution in [3.63, 3.8) is 0 Å². The van der Waals surface area contributed by atoms with Crippen LogP contribution >= 0.6 is 0 Å². The predicted octanol–water partition coefficient (Wildman–Crippen LogP) is -0.781. The van der Waals surface area contributed by atoms with Crippen molar-refractivity contribution >= 4 is 29.6 Å². The minimum absolute atomic E-state index is 0.108. The van der Waals surface area contributed by atoms with E-state index in [1.807, 2.05) is 0 Å². The van der Waals surface area contributed by atoms with Crippen molar-refractivity contribution < 1.29 is 14.4 Å². The fourth-order valence-corrected chi connectivity index (χ4v) is 2.06. The molecule has 1 aromatic rings. The maximum atomic E-state index is 12.4. The van der Waals surface area contributed by atoms with Gasteiger partial charge in [0.1, 0.15) is 24.1 Å². The van der Waals surface area contributed by atoms with Crippen LogP contribution < -0.4 is 21.8 Å². The number of anilines is 1. The lowest BCUT2D eigenvalue weighted by molar-refractivity contribution is -0.116. The second-order valence-corrected chi connectivity index (χ2v) is 5.07. The molecule has 10 heteroatoms. The monoisotopic (exact) mass is 349 g/mol. The van der Waals surface area contributed by atoms with Crippen molar-refractivity contribution in [3.05, 3.63) is 17.6 Å². The zero-order chi connectivity index (χ0) is 18.8. The molecule has 5 N–H and O–H groups in total. The molecule has 0 aliphatic carbocycles. The molecule has 136 valence electrons. The Morgan fingerprint density at radius 3 is 2.84 bits per heavy atom. The number of hydrogen-bond acceptors (Lipinski definition) is 8. The van der Waals surface area contributed by atoms with E-state index in [2.05, 4.69) is 36.9 Å². The summed E-state index contributed by atoms with van der Waals surface area (Å²) in [5.41, 5.74) is 8.58. The largest absolute Gasteiger partial charge is 0.343 e. The van der Waals surface area contributed by atoms with Crippen molar-refractivity contribution in [1.82, 2.24) is 20.7 Å². The fraction of sp³-hybridized carbons (Fsp3) is 0.467. The number of fused-ring (bicyclic) bond motifs is 1. The maximum absolute atomic E-state index is 12.4. The SMILES string of the molecule is C/C(=N\NCC=O)C(C)NC(=O)c1ncnc2c1CCC(=O)N2.CN. The van der Waals surface area contributed by atoms with E-state index in [0.29, 0.717) is 36.2 Å². The summed E-state index contributed by atoms with van der Waals surface area (Å²) in [4.78, 5) is 42.0. The molecular weight excluding hydrogens is 326 g/mol. The maximum Gasteiger partial charge on any atom is 0.270 e. The van der Waals surface area contributed by atoms with Crippen LogP contribution in [-0.4, -0.2) is 53.4 Å². The Balaban J connectivity index is 0.00000151. The third-order valence-electron chi connectivity index (χ3n) is 3.42. The molecule has 1 aliphatic heterocycles. The lowest BCUT2D eigenvalue weighted by atomic mass is 10.0. The highest BCUT2D eigenvalue weighted by Gasteiger charge is 2.24. The molecule has 0 saturated heterocycles. The van der Waals surface area contributed by atoms with E-state index in [9.17, 15) is 14.4 Å². The first-order valence-electron chi connectivity index (χ1n) is 7.76. The number of nitrogens with two attached hydrogens (primary N) is 1. The number of nitrogens with one attached hydrogen (secondary N) is 3. The minimum atomic E-state index is -0.364. The summed E-state index contributed by atoms with van der Waals surface area (Å²) >= 11 is 0. The molecule has 0 fully saturated rings. The molecule has 1 aliphatic rings. The van der Waals surface area contributed by atoms with Crippen LogP contribution in [0.5, 0.6) is 0 Å². The number of aldehydes is 1. The standard InChI is InChI=1S/C14H18N6O3.CH5N/c1-8(9(2)20-17-5-6-21)18-14(23)12-10-3-4-11(22)19-13(10)16-7-15-12;1-2/h6-8,17H,3-5H2,1-2H3,(H,18,23)(H,15,16,19,22);2H2,1H3/b20-9+;. The molecule has 10 nitrogen and oxygen atoms in total. The summed E-state index contributed by atoms with van der Waals surface area (Å²) in [7, 11) is 1.50. The first kappa shape index (κ1) is 20.2. The van der Waals surface area contributed by atoms with Crippen LogP contribution in [0.3, 0.4) is 0 Å². The van der Waals surface area contributed by atoms with Crippen LogP contribution in [0, 0.1) is 0 Å². The Hall–Kier alpha value is -2.88. The van der Waals surface area contributed by atoms with Gasteiger partial charge in [-0.2, -0.15) is 5.10 Å². The number of hydrogen-bond donors (Lipinski definition) is 4. The molecule has 2 amide bonds. The Morgan fingerprint density at radius 1 is 1.44 bits per heavy atom. The highest BCUT2D eigenvalue weighted by Crippen LogP contribution is 2.21. The number of carbonyl (C=O) groups excluding carboxylic acids is 3. The van der Waals surface area contributed by atoms with Gasteiger partial charge in [-0.1, -0.05) is 0 Å². The molecule has 1 unspecified atom stereocenters. The van der Waals surface area contributed by atoms with Gasteiger partial charge >= 0.3 is 0 Å². The van der Waals surface area contributed by atoms with Crippen LogP contribution in [-0.2, 0) is 16.0 Å². The zero-order valence-corrected chi connectivity index (χ0v) is 14.5. The van der Waals surface area contributed by atoms with E-state index in [1.54, 1.807) is 13.8 Å². The summed E-state index contributed by atoms with van der Waals surface area (Å²) in [5, 5.41) is 9.40. The fourth-order valence-electron chi connectivity index (χ4n) is 2.06. The predicted molar refractivity (Wildman–Crippen MR) is 93.2 cm³/mol. The molecule has 2 rings (SSSR count).